The summed E-state index contributed by atoms with van der Waals surface area (Å²) in [7, 11) is 1.34. The molecule has 2 aromatic heterocycles. The molecule has 0 bridgehead atoms. The molecule has 0 saturated carbocycles. The number of amides is 2. The Kier molecular flexibility index (Phi) is 6.50. The number of urea groups is 1. The van der Waals surface area contributed by atoms with E-state index in [0.29, 0.717) is 30.2 Å². The molecule has 162 valence electrons. The fraction of sp³-hybridized carbons (Fsp3) is 0.208. The van der Waals surface area contributed by atoms with E-state index in [2.05, 4.69) is 26.3 Å². The molecule has 0 atom stereocenters. The van der Waals surface area contributed by atoms with Crippen molar-refractivity contribution in [3.8, 4) is 11.4 Å². The largest absolute Gasteiger partial charge is 0.465 e. The predicted octanol–water partition coefficient (Wildman–Crippen LogP) is 4.04. The average Bonchev–Trinajstić information content (AvgIpc) is 2.85. The zero-order valence-corrected chi connectivity index (χ0v) is 17.7. The smallest absolute Gasteiger partial charge is 0.337 e. The highest BCUT2D eigenvalue weighted by Gasteiger charge is 2.19. The first-order valence-electron chi connectivity index (χ1n) is 10.3. The number of ether oxygens (including phenoxy) is 1. The van der Waals surface area contributed by atoms with Gasteiger partial charge in [0.15, 0.2) is 5.82 Å². The highest BCUT2D eigenvalue weighted by atomic mass is 16.5. The monoisotopic (exact) mass is 429 g/mol. The molecule has 3 aromatic rings. The molecular formula is C24H23N5O3. The van der Waals surface area contributed by atoms with Crippen molar-refractivity contribution in [3.05, 3.63) is 77.9 Å². The standard InChI is InChI=1S/C24H23N5O3/c1-32-23(30)19-7-5-18(6-8-19)22-26-15-21(16-27-22)28-24(31)29-12-9-17(10-13-29)14-20-4-2-3-11-25-20/h2-8,11,14-16H,9-10,12-13H2,1H3,(H,28,31). The van der Waals surface area contributed by atoms with Gasteiger partial charge in [0.25, 0.3) is 0 Å². The van der Waals surface area contributed by atoms with E-state index < -0.39 is 5.97 Å². The molecule has 1 fully saturated rings. The molecule has 0 aliphatic carbocycles. The van der Waals surface area contributed by atoms with Crippen LogP contribution in [-0.2, 0) is 4.74 Å². The summed E-state index contributed by atoms with van der Waals surface area (Å²) in [5, 5.41) is 2.86. The van der Waals surface area contributed by atoms with Crippen LogP contribution in [0.1, 0.15) is 28.9 Å². The molecule has 1 N–H and O–H groups in total. The number of piperidine rings is 1. The van der Waals surface area contributed by atoms with Crippen LogP contribution in [0.4, 0.5) is 10.5 Å². The number of likely N-dealkylation sites (tertiary alicyclic amines) is 1. The van der Waals surface area contributed by atoms with Crippen molar-refractivity contribution in [1.82, 2.24) is 19.9 Å². The zero-order chi connectivity index (χ0) is 22.3. The molecule has 2 amide bonds. The maximum Gasteiger partial charge on any atom is 0.337 e. The van der Waals surface area contributed by atoms with Gasteiger partial charge in [0.05, 0.1) is 36.4 Å². The summed E-state index contributed by atoms with van der Waals surface area (Å²) in [6.45, 7) is 1.30. The normalized spacial score (nSPS) is 13.4. The maximum absolute atomic E-state index is 12.6. The van der Waals surface area contributed by atoms with E-state index in [1.165, 1.54) is 12.7 Å². The van der Waals surface area contributed by atoms with E-state index in [9.17, 15) is 9.59 Å². The van der Waals surface area contributed by atoms with E-state index in [-0.39, 0.29) is 6.03 Å². The summed E-state index contributed by atoms with van der Waals surface area (Å²) in [5.41, 5.74) is 3.98. The summed E-state index contributed by atoms with van der Waals surface area (Å²) in [5.74, 6) is 0.106. The van der Waals surface area contributed by atoms with E-state index >= 15 is 0 Å². The van der Waals surface area contributed by atoms with E-state index in [1.807, 2.05) is 18.2 Å². The second-order valence-electron chi connectivity index (χ2n) is 7.34. The van der Waals surface area contributed by atoms with Crippen LogP contribution in [0, 0.1) is 0 Å². The number of carbonyl (C=O) groups is 2. The number of methoxy groups -OCH3 is 1. The number of rotatable bonds is 4. The minimum absolute atomic E-state index is 0.166. The molecule has 1 aliphatic heterocycles. The Morgan fingerprint density at radius 1 is 1.00 bits per heavy atom. The van der Waals surface area contributed by atoms with Crippen LogP contribution in [0.2, 0.25) is 0 Å². The molecule has 1 aliphatic rings. The number of hydrogen-bond donors (Lipinski definition) is 1. The molecule has 32 heavy (non-hydrogen) atoms. The van der Waals surface area contributed by atoms with Gasteiger partial charge in [-0.05, 0) is 43.2 Å². The molecule has 8 heteroatoms. The van der Waals surface area contributed by atoms with Crippen LogP contribution >= 0.6 is 0 Å². The third kappa shape index (κ3) is 5.15. The number of pyridine rings is 1. The summed E-state index contributed by atoms with van der Waals surface area (Å²) in [4.78, 5) is 38.9. The van der Waals surface area contributed by atoms with Crippen LogP contribution in [0.5, 0.6) is 0 Å². The molecule has 3 heterocycles. The van der Waals surface area contributed by atoms with Crippen LogP contribution in [0.3, 0.4) is 0 Å². The Hall–Kier alpha value is -4.07. The van der Waals surface area contributed by atoms with Crippen molar-refractivity contribution in [2.24, 2.45) is 0 Å². The number of carbonyl (C=O) groups excluding carboxylic acids is 2. The van der Waals surface area contributed by atoms with E-state index in [1.54, 1.807) is 47.8 Å². The minimum Gasteiger partial charge on any atom is -0.465 e. The molecule has 1 saturated heterocycles. The molecule has 1 aromatic carbocycles. The lowest BCUT2D eigenvalue weighted by Gasteiger charge is -2.28. The number of esters is 1. The molecule has 8 nitrogen and oxygen atoms in total. The van der Waals surface area contributed by atoms with Gasteiger partial charge >= 0.3 is 12.0 Å². The zero-order valence-electron chi connectivity index (χ0n) is 17.7. The third-order valence-corrected chi connectivity index (χ3v) is 5.20. The summed E-state index contributed by atoms with van der Waals surface area (Å²) < 4.78 is 4.70. The highest BCUT2D eigenvalue weighted by Crippen LogP contribution is 2.20. The van der Waals surface area contributed by atoms with Gasteiger partial charge in [-0.15, -0.1) is 0 Å². The van der Waals surface area contributed by atoms with Gasteiger partial charge in [0, 0.05) is 24.8 Å². The number of anilines is 1. The van der Waals surface area contributed by atoms with Gasteiger partial charge in [-0.3, -0.25) is 4.98 Å². The number of aromatic nitrogens is 3. The van der Waals surface area contributed by atoms with Crippen molar-refractivity contribution >= 4 is 23.8 Å². The average molecular weight is 429 g/mol. The fourth-order valence-corrected chi connectivity index (χ4v) is 3.43. The number of benzene rings is 1. The first-order chi connectivity index (χ1) is 15.6. The first-order valence-corrected chi connectivity index (χ1v) is 10.3. The van der Waals surface area contributed by atoms with Crippen LogP contribution < -0.4 is 5.32 Å². The summed E-state index contributed by atoms with van der Waals surface area (Å²) >= 11 is 0. The van der Waals surface area contributed by atoms with Gasteiger partial charge in [-0.1, -0.05) is 23.8 Å². The van der Waals surface area contributed by atoms with Gasteiger partial charge in [0.2, 0.25) is 0 Å². The van der Waals surface area contributed by atoms with Gasteiger partial charge in [0.1, 0.15) is 0 Å². The Morgan fingerprint density at radius 2 is 1.72 bits per heavy atom. The molecule has 4 rings (SSSR count). The van der Waals surface area contributed by atoms with E-state index in [4.69, 9.17) is 4.74 Å². The minimum atomic E-state index is -0.396. The summed E-state index contributed by atoms with van der Waals surface area (Å²) in [6.07, 6.45) is 8.66. The number of nitrogens with one attached hydrogen (secondary N) is 1. The van der Waals surface area contributed by atoms with E-state index in [0.717, 1.165) is 24.1 Å². The van der Waals surface area contributed by atoms with Crippen LogP contribution in [0.25, 0.3) is 17.5 Å². The number of hydrogen-bond acceptors (Lipinski definition) is 6. The van der Waals surface area contributed by atoms with Crippen molar-refractivity contribution in [2.75, 3.05) is 25.5 Å². The Bertz CT molecular complexity index is 1100. The topological polar surface area (TPSA) is 97.3 Å². The first kappa shape index (κ1) is 21.2. The lowest BCUT2D eigenvalue weighted by molar-refractivity contribution is 0.0600. The van der Waals surface area contributed by atoms with Crippen LogP contribution in [0.15, 0.2) is 66.6 Å². The highest BCUT2D eigenvalue weighted by molar-refractivity contribution is 5.90. The van der Waals surface area contributed by atoms with Crippen molar-refractivity contribution in [1.29, 1.82) is 0 Å². The van der Waals surface area contributed by atoms with Gasteiger partial charge in [-0.2, -0.15) is 0 Å². The molecule has 0 unspecified atom stereocenters. The quantitative estimate of drug-likeness (QED) is 0.629. The van der Waals surface area contributed by atoms with Crippen molar-refractivity contribution < 1.29 is 14.3 Å². The van der Waals surface area contributed by atoms with Crippen LogP contribution in [-0.4, -0.2) is 52.1 Å². The molecule has 0 radical (unpaired) electrons. The lowest BCUT2D eigenvalue weighted by atomic mass is 10.0. The summed E-state index contributed by atoms with van der Waals surface area (Å²) in [6, 6.07) is 12.5. The SMILES string of the molecule is COC(=O)c1ccc(-c2ncc(NC(=O)N3CCC(=Cc4ccccn4)CC3)cn2)cc1. The van der Waals surface area contributed by atoms with Gasteiger partial charge < -0.3 is 15.0 Å². The molecular weight excluding hydrogens is 406 g/mol. The second kappa shape index (κ2) is 9.82. The number of nitrogens with zero attached hydrogens (tertiary/aromatic N) is 4. The van der Waals surface area contributed by atoms with Gasteiger partial charge in [-0.25, -0.2) is 19.6 Å². The fourth-order valence-electron chi connectivity index (χ4n) is 3.43. The maximum atomic E-state index is 12.6. The third-order valence-electron chi connectivity index (χ3n) is 5.20. The second-order valence-corrected chi connectivity index (χ2v) is 7.34. The Labute approximate surface area is 186 Å². The molecule has 0 spiro atoms. The predicted molar refractivity (Wildman–Crippen MR) is 121 cm³/mol. The Balaban J connectivity index is 1.32. The Morgan fingerprint density at radius 3 is 2.34 bits per heavy atom. The van der Waals surface area contributed by atoms with Crippen molar-refractivity contribution in [2.45, 2.75) is 12.8 Å². The lowest BCUT2D eigenvalue weighted by Crippen LogP contribution is -2.39. The van der Waals surface area contributed by atoms with Crippen molar-refractivity contribution in [3.63, 3.8) is 0 Å².